The van der Waals surface area contributed by atoms with Crippen molar-refractivity contribution in [3.8, 4) is 5.75 Å². The van der Waals surface area contributed by atoms with Crippen molar-refractivity contribution in [1.29, 1.82) is 0 Å². The van der Waals surface area contributed by atoms with Gasteiger partial charge < -0.3 is 19.7 Å². The van der Waals surface area contributed by atoms with E-state index in [-0.39, 0.29) is 11.6 Å². The SMILES string of the molecule is C/C=N\N1C=CC(Oc2ccc(NC(=N/C=C/CCC)c3nc4c(cc3C)CCC(C)CN4CCCCC)c(F)c2C)=C/C1=C\CC.CC(=O)OC(C)(C)C. The molecule has 55 heavy (non-hydrogen) atoms. The Labute approximate surface area is 330 Å². The number of allylic oxidation sites excluding steroid dienone is 4. The smallest absolute Gasteiger partial charge is 0.303 e. The maximum atomic E-state index is 16.1. The van der Waals surface area contributed by atoms with Crippen molar-refractivity contribution in [2.75, 3.05) is 23.3 Å². The number of nitrogens with zero attached hydrogens (tertiary/aromatic N) is 5. The number of pyridine rings is 1. The zero-order chi connectivity index (χ0) is 40.5. The maximum Gasteiger partial charge on any atom is 0.303 e. The number of nitrogens with one attached hydrogen (secondary N) is 1. The van der Waals surface area contributed by atoms with Gasteiger partial charge in [0.1, 0.15) is 28.6 Å². The van der Waals surface area contributed by atoms with E-state index in [4.69, 9.17) is 19.5 Å². The molecule has 1 atom stereocenters. The molecule has 0 spiro atoms. The predicted octanol–water partition coefficient (Wildman–Crippen LogP) is 11.3. The van der Waals surface area contributed by atoms with Crippen LogP contribution < -0.4 is 15.0 Å². The van der Waals surface area contributed by atoms with Crippen LogP contribution in [0.15, 0.2) is 76.5 Å². The van der Waals surface area contributed by atoms with E-state index in [1.165, 1.54) is 25.3 Å². The molecule has 0 bridgehead atoms. The fourth-order valence-corrected chi connectivity index (χ4v) is 6.29. The Kier molecular flexibility index (Phi) is 17.8. The average Bonchev–Trinajstić information content (AvgIpc) is 3.27. The number of rotatable bonds is 13. The molecule has 1 aromatic heterocycles. The number of ether oxygens (including phenoxy) is 2. The Bertz CT molecular complexity index is 1770. The number of esters is 1. The second-order valence-electron chi connectivity index (χ2n) is 15.2. The van der Waals surface area contributed by atoms with Crippen LogP contribution >= 0.6 is 0 Å². The highest BCUT2D eigenvalue weighted by Gasteiger charge is 2.24. The summed E-state index contributed by atoms with van der Waals surface area (Å²) in [6.07, 6.45) is 21.7. The van der Waals surface area contributed by atoms with Crippen LogP contribution in [0.1, 0.15) is 130 Å². The third kappa shape index (κ3) is 14.1. The number of anilines is 2. The Morgan fingerprint density at radius 2 is 1.91 bits per heavy atom. The number of fused-ring (bicyclic) bond motifs is 1. The summed E-state index contributed by atoms with van der Waals surface area (Å²) in [7, 11) is 0. The van der Waals surface area contributed by atoms with Gasteiger partial charge in [0.05, 0.1) is 11.4 Å². The Morgan fingerprint density at radius 3 is 2.55 bits per heavy atom. The number of hydrogen-bond donors (Lipinski definition) is 1. The van der Waals surface area contributed by atoms with E-state index in [9.17, 15) is 4.79 Å². The van der Waals surface area contributed by atoms with Gasteiger partial charge in [-0.2, -0.15) is 5.10 Å². The highest BCUT2D eigenvalue weighted by Crippen LogP contribution is 2.32. The van der Waals surface area contributed by atoms with Gasteiger partial charge in [-0.05, 0) is 109 Å². The number of aryl methyl sites for hydroxylation is 2. The summed E-state index contributed by atoms with van der Waals surface area (Å²) in [6.45, 7) is 23.4. The number of unbranched alkanes of at least 4 members (excludes halogenated alkanes) is 3. The molecule has 4 rings (SSSR count). The molecule has 2 aromatic rings. The summed E-state index contributed by atoms with van der Waals surface area (Å²) in [6, 6.07) is 5.77. The highest BCUT2D eigenvalue weighted by molar-refractivity contribution is 6.08. The van der Waals surface area contributed by atoms with Gasteiger partial charge in [-0.15, -0.1) is 0 Å². The normalized spacial score (nSPS) is 16.9. The second kappa shape index (κ2) is 22.0. The average molecular weight is 757 g/mol. The van der Waals surface area contributed by atoms with Crippen LogP contribution in [0.2, 0.25) is 0 Å². The minimum absolute atomic E-state index is 0.225. The lowest BCUT2D eigenvalue weighted by Gasteiger charge is -2.27. The number of aromatic nitrogens is 1. The van der Waals surface area contributed by atoms with Gasteiger partial charge in [-0.1, -0.05) is 65.2 Å². The standard InChI is InChI=1S/C39H53FN6O.C6H12O2/c1-8-12-14-22-41-38(37-29(6)25-31-18-17-28(5)27-45(39(31)44-37)23-15-13-9-2)43-34-19-20-35(30(7)36(34)40)47-33-21-24-46(42-11-4)32(26-33)16-10-3;1-5(7)8-6(2,3)4/h11,14,16,19-22,24-26,28H,8-10,12-13,15,17-18,23,27H2,1-7H3,(H,41,43);1-4H3/b22-14+,32-16+,42-11-;. The number of amidine groups is 1. The topological polar surface area (TPSA) is 91.6 Å². The Morgan fingerprint density at radius 1 is 1.15 bits per heavy atom. The van der Waals surface area contributed by atoms with Gasteiger partial charge in [0.2, 0.25) is 0 Å². The summed E-state index contributed by atoms with van der Waals surface area (Å²) in [5.74, 6) is 2.60. The fourth-order valence-electron chi connectivity index (χ4n) is 6.29. The third-order valence-corrected chi connectivity index (χ3v) is 8.88. The van der Waals surface area contributed by atoms with Gasteiger partial charge in [-0.25, -0.2) is 19.4 Å². The molecule has 0 saturated carbocycles. The number of hydrogen-bond acceptors (Lipinski definition) is 8. The quantitative estimate of drug-likeness (QED) is 0.0941. The summed E-state index contributed by atoms with van der Waals surface area (Å²) < 4.78 is 27.1. The van der Waals surface area contributed by atoms with E-state index in [1.54, 1.807) is 36.5 Å². The van der Waals surface area contributed by atoms with E-state index in [1.807, 2.05) is 52.1 Å². The highest BCUT2D eigenvalue weighted by atomic mass is 19.1. The van der Waals surface area contributed by atoms with Crippen LogP contribution in [0.4, 0.5) is 15.9 Å². The lowest BCUT2D eigenvalue weighted by atomic mass is 10.0. The Hall–Kier alpha value is -4.73. The predicted molar refractivity (Wildman–Crippen MR) is 227 cm³/mol. The molecule has 10 heteroatoms. The van der Waals surface area contributed by atoms with Crippen LogP contribution in [0.5, 0.6) is 5.75 Å². The molecule has 1 aromatic carbocycles. The molecule has 0 radical (unpaired) electrons. The van der Waals surface area contributed by atoms with Crippen molar-refractivity contribution in [2.24, 2.45) is 16.0 Å². The number of aliphatic imine (C=N–C) groups is 1. The number of carbonyl (C=O) groups is 1. The van der Waals surface area contributed by atoms with Crippen LogP contribution in [0.3, 0.4) is 0 Å². The van der Waals surface area contributed by atoms with Gasteiger partial charge in [0.25, 0.3) is 0 Å². The monoisotopic (exact) mass is 757 g/mol. The number of halogens is 1. The van der Waals surface area contributed by atoms with E-state index < -0.39 is 5.82 Å². The van der Waals surface area contributed by atoms with Crippen LogP contribution in [-0.4, -0.2) is 46.7 Å². The molecule has 0 amide bonds. The van der Waals surface area contributed by atoms with E-state index in [0.717, 1.165) is 74.4 Å². The van der Waals surface area contributed by atoms with Gasteiger partial charge in [-0.3, -0.25) is 4.79 Å². The van der Waals surface area contributed by atoms with E-state index in [0.29, 0.717) is 34.5 Å². The number of carbonyl (C=O) groups excluding carboxylic acids is 1. The first kappa shape index (κ1) is 44.7. The zero-order valence-electron chi connectivity index (χ0n) is 35.3. The molecular formula is C45H65FN6O3. The molecule has 3 heterocycles. The lowest BCUT2D eigenvalue weighted by molar-refractivity contribution is -0.151. The van der Waals surface area contributed by atoms with Gasteiger partial charge in [0, 0.05) is 50.3 Å². The minimum atomic E-state index is -0.392. The molecule has 0 saturated heterocycles. The van der Waals surface area contributed by atoms with Crippen molar-refractivity contribution >= 4 is 29.5 Å². The molecule has 0 fully saturated rings. The lowest BCUT2D eigenvalue weighted by Crippen LogP contribution is -2.30. The first-order valence-electron chi connectivity index (χ1n) is 20.0. The summed E-state index contributed by atoms with van der Waals surface area (Å²) in [5.41, 5.74) is 4.35. The largest absolute Gasteiger partial charge is 0.460 e. The minimum Gasteiger partial charge on any atom is -0.460 e. The first-order valence-corrected chi connectivity index (χ1v) is 20.0. The third-order valence-electron chi connectivity index (χ3n) is 8.88. The summed E-state index contributed by atoms with van der Waals surface area (Å²) in [5, 5.41) is 9.48. The molecule has 2 aliphatic rings. The number of benzene rings is 1. The van der Waals surface area contributed by atoms with Gasteiger partial charge in [0.15, 0.2) is 11.7 Å². The Balaban J connectivity index is 0.000000912. The molecule has 1 N–H and O–H groups in total. The fraction of sp³-hybridized carbons (Fsp3) is 0.511. The van der Waals surface area contributed by atoms with Crippen LogP contribution in [0, 0.1) is 25.6 Å². The molecule has 2 aliphatic heterocycles. The molecule has 300 valence electrons. The second-order valence-corrected chi connectivity index (χ2v) is 15.2. The maximum absolute atomic E-state index is 16.1. The van der Waals surface area contributed by atoms with Crippen molar-refractivity contribution in [3.05, 3.63) is 94.6 Å². The van der Waals surface area contributed by atoms with Gasteiger partial charge >= 0.3 is 5.97 Å². The summed E-state index contributed by atoms with van der Waals surface area (Å²) >= 11 is 0. The number of hydrazone groups is 1. The molecular weight excluding hydrogens is 692 g/mol. The first-order chi connectivity index (χ1) is 26.2. The summed E-state index contributed by atoms with van der Waals surface area (Å²) in [4.78, 5) is 22.8. The van der Waals surface area contributed by atoms with Crippen molar-refractivity contribution in [3.63, 3.8) is 0 Å². The van der Waals surface area contributed by atoms with E-state index >= 15 is 4.39 Å². The van der Waals surface area contributed by atoms with Crippen molar-refractivity contribution in [1.82, 2.24) is 9.99 Å². The molecule has 0 aliphatic carbocycles. The van der Waals surface area contributed by atoms with E-state index in [2.05, 4.69) is 62.1 Å². The van der Waals surface area contributed by atoms with Crippen molar-refractivity contribution in [2.45, 2.75) is 133 Å². The molecule has 1 unspecified atom stereocenters. The van der Waals surface area contributed by atoms with Crippen LogP contribution in [0.25, 0.3) is 0 Å². The van der Waals surface area contributed by atoms with Crippen molar-refractivity contribution < 1.29 is 18.7 Å². The zero-order valence-corrected chi connectivity index (χ0v) is 35.3. The molecule has 9 nitrogen and oxygen atoms in total. The van der Waals surface area contributed by atoms with Crippen LogP contribution in [-0.2, 0) is 16.0 Å².